The van der Waals surface area contributed by atoms with Gasteiger partial charge in [-0.05, 0) is 69.7 Å². The number of piperidine rings is 1. The van der Waals surface area contributed by atoms with Crippen LogP contribution in [-0.4, -0.2) is 67.1 Å². The second kappa shape index (κ2) is 9.92. The highest BCUT2D eigenvalue weighted by molar-refractivity contribution is 5.85. The number of rotatable bonds is 7. The molecular formula is C22H32N2O4. The van der Waals surface area contributed by atoms with Crippen LogP contribution in [0.3, 0.4) is 0 Å². The summed E-state index contributed by atoms with van der Waals surface area (Å²) in [5, 5.41) is 0. The normalized spacial score (nSPS) is 22.9. The summed E-state index contributed by atoms with van der Waals surface area (Å²) in [5.74, 6) is 0.656. The van der Waals surface area contributed by atoms with Crippen molar-refractivity contribution in [2.24, 2.45) is 0 Å². The van der Waals surface area contributed by atoms with E-state index in [0.29, 0.717) is 32.2 Å². The first kappa shape index (κ1) is 20.6. The third kappa shape index (κ3) is 5.04. The van der Waals surface area contributed by atoms with E-state index in [4.69, 9.17) is 9.47 Å². The number of hydrogen-bond acceptors (Lipinski definition) is 5. The van der Waals surface area contributed by atoms with Crippen molar-refractivity contribution in [1.82, 2.24) is 9.80 Å². The summed E-state index contributed by atoms with van der Waals surface area (Å²) >= 11 is 0. The largest absolute Gasteiger partial charge is 0.497 e. The Morgan fingerprint density at radius 3 is 2.79 bits per heavy atom. The number of hydrogen-bond donors (Lipinski definition) is 0. The van der Waals surface area contributed by atoms with Gasteiger partial charge in [-0.1, -0.05) is 12.1 Å². The monoisotopic (exact) mass is 388 g/mol. The Bertz CT molecular complexity index is 678. The van der Waals surface area contributed by atoms with Gasteiger partial charge in [-0.3, -0.25) is 9.69 Å². The minimum absolute atomic E-state index is 0.0512. The average Bonchev–Trinajstić information content (AvgIpc) is 3.14. The molecule has 0 saturated carbocycles. The van der Waals surface area contributed by atoms with Crippen LogP contribution in [0.1, 0.15) is 44.6 Å². The molecule has 2 aliphatic rings. The number of ether oxygens (including phenoxy) is 2. The van der Waals surface area contributed by atoms with Crippen LogP contribution in [-0.2, 0) is 20.7 Å². The van der Waals surface area contributed by atoms with Crippen molar-refractivity contribution in [2.75, 3.05) is 33.4 Å². The molecule has 0 radical (unpaired) electrons. The van der Waals surface area contributed by atoms with E-state index in [9.17, 15) is 9.59 Å². The quantitative estimate of drug-likeness (QED) is 0.672. The molecule has 2 atom stereocenters. The van der Waals surface area contributed by atoms with E-state index in [2.05, 4.69) is 17.0 Å². The van der Waals surface area contributed by atoms with Gasteiger partial charge in [0.15, 0.2) is 0 Å². The molecule has 0 unspecified atom stereocenters. The lowest BCUT2D eigenvalue weighted by Gasteiger charge is -2.36. The maximum absolute atomic E-state index is 13.0. The van der Waals surface area contributed by atoms with E-state index in [0.717, 1.165) is 44.4 Å². The number of carbonyl (C=O) groups is 2. The van der Waals surface area contributed by atoms with Crippen LogP contribution in [0.15, 0.2) is 24.3 Å². The van der Waals surface area contributed by atoms with Gasteiger partial charge in [0, 0.05) is 12.6 Å². The summed E-state index contributed by atoms with van der Waals surface area (Å²) in [6.45, 7) is 4.12. The minimum atomic E-state index is -0.416. The van der Waals surface area contributed by atoms with Crippen LogP contribution in [0.4, 0.5) is 0 Å². The minimum Gasteiger partial charge on any atom is -0.497 e. The van der Waals surface area contributed by atoms with Gasteiger partial charge in [-0.25, -0.2) is 4.79 Å². The number of esters is 1. The zero-order valence-electron chi connectivity index (χ0n) is 17.1. The van der Waals surface area contributed by atoms with Crippen LogP contribution in [0.25, 0.3) is 0 Å². The molecule has 1 aromatic carbocycles. The first-order chi connectivity index (χ1) is 13.6. The first-order valence-electron chi connectivity index (χ1n) is 10.5. The molecule has 0 N–H and O–H groups in total. The molecule has 0 bridgehead atoms. The highest BCUT2D eigenvalue weighted by Crippen LogP contribution is 2.24. The fraction of sp³-hybridized carbons (Fsp3) is 0.636. The molecule has 1 amide bonds. The fourth-order valence-corrected chi connectivity index (χ4v) is 4.38. The predicted molar refractivity (Wildman–Crippen MR) is 107 cm³/mol. The Morgan fingerprint density at radius 1 is 1.14 bits per heavy atom. The van der Waals surface area contributed by atoms with E-state index in [1.165, 1.54) is 5.56 Å². The molecule has 2 fully saturated rings. The van der Waals surface area contributed by atoms with Gasteiger partial charge >= 0.3 is 5.97 Å². The molecule has 154 valence electrons. The molecule has 6 nitrogen and oxygen atoms in total. The molecule has 0 spiro atoms. The summed E-state index contributed by atoms with van der Waals surface area (Å²) in [7, 11) is 1.68. The standard InChI is InChI=1S/C22H32N2O4/c1-3-28-22(26)20-11-4-5-13-24(20)21(25)16-23-12-7-9-18(23)14-17-8-6-10-19(15-17)27-2/h6,8,10,15,18,20H,3-5,7,9,11-14,16H2,1-2H3/t18-,20+/m0/s1. The van der Waals surface area contributed by atoms with Crippen molar-refractivity contribution in [1.29, 1.82) is 0 Å². The van der Waals surface area contributed by atoms with E-state index < -0.39 is 6.04 Å². The van der Waals surface area contributed by atoms with E-state index in [-0.39, 0.29) is 11.9 Å². The number of likely N-dealkylation sites (tertiary alicyclic amines) is 2. The highest BCUT2D eigenvalue weighted by Gasteiger charge is 2.35. The number of benzene rings is 1. The number of carbonyl (C=O) groups excluding carboxylic acids is 2. The fourth-order valence-electron chi connectivity index (χ4n) is 4.38. The van der Waals surface area contributed by atoms with Gasteiger partial charge in [-0.2, -0.15) is 0 Å². The SMILES string of the molecule is CCOC(=O)[C@H]1CCCCN1C(=O)CN1CCC[C@H]1Cc1cccc(OC)c1. The van der Waals surface area contributed by atoms with Crippen LogP contribution < -0.4 is 4.74 Å². The third-order valence-corrected chi connectivity index (χ3v) is 5.82. The van der Waals surface area contributed by atoms with Gasteiger partial charge in [0.25, 0.3) is 0 Å². The van der Waals surface area contributed by atoms with E-state index in [1.54, 1.807) is 18.9 Å². The van der Waals surface area contributed by atoms with Crippen LogP contribution in [0.2, 0.25) is 0 Å². The summed E-state index contributed by atoms with van der Waals surface area (Å²) in [5.41, 5.74) is 1.23. The summed E-state index contributed by atoms with van der Waals surface area (Å²) in [6.07, 6.45) is 5.73. The molecule has 0 aromatic heterocycles. The maximum atomic E-state index is 13.0. The first-order valence-corrected chi connectivity index (χ1v) is 10.5. The van der Waals surface area contributed by atoms with Gasteiger partial charge in [0.1, 0.15) is 11.8 Å². The third-order valence-electron chi connectivity index (χ3n) is 5.82. The Morgan fingerprint density at radius 2 is 2.00 bits per heavy atom. The molecule has 3 rings (SSSR count). The smallest absolute Gasteiger partial charge is 0.328 e. The second-order valence-corrected chi connectivity index (χ2v) is 7.67. The number of amides is 1. The Labute approximate surface area is 167 Å². The Kier molecular flexibility index (Phi) is 7.31. The molecule has 6 heteroatoms. The average molecular weight is 389 g/mol. The van der Waals surface area contributed by atoms with Gasteiger partial charge < -0.3 is 14.4 Å². The highest BCUT2D eigenvalue weighted by atomic mass is 16.5. The van der Waals surface area contributed by atoms with Gasteiger partial charge in [0.05, 0.1) is 20.3 Å². The van der Waals surface area contributed by atoms with Crippen LogP contribution in [0.5, 0.6) is 5.75 Å². The number of methoxy groups -OCH3 is 1. The lowest BCUT2D eigenvalue weighted by Crippen LogP contribution is -2.52. The van der Waals surface area contributed by atoms with Crippen molar-refractivity contribution < 1.29 is 19.1 Å². The van der Waals surface area contributed by atoms with E-state index in [1.807, 2.05) is 12.1 Å². The molecule has 28 heavy (non-hydrogen) atoms. The van der Waals surface area contributed by atoms with Crippen molar-refractivity contribution in [2.45, 2.75) is 57.5 Å². The van der Waals surface area contributed by atoms with Crippen molar-refractivity contribution >= 4 is 11.9 Å². The van der Waals surface area contributed by atoms with Gasteiger partial charge in [-0.15, -0.1) is 0 Å². The van der Waals surface area contributed by atoms with Gasteiger partial charge in [0.2, 0.25) is 5.91 Å². The van der Waals surface area contributed by atoms with Crippen molar-refractivity contribution in [3.63, 3.8) is 0 Å². The second-order valence-electron chi connectivity index (χ2n) is 7.67. The summed E-state index contributed by atoms with van der Waals surface area (Å²) < 4.78 is 10.5. The Hall–Kier alpha value is -2.08. The summed E-state index contributed by atoms with van der Waals surface area (Å²) in [4.78, 5) is 29.3. The molecule has 2 aliphatic heterocycles. The van der Waals surface area contributed by atoms with Crippen molar-refractivity contribution in [3.8, 4) is 5.75 Å². The maximum Gasteiger partial charge on any atom is 0.328 e. The summed E-state index contributed by atoms with van der Waals surface area (Å²) in [6, 6.07) is 8.08. The zero-order chi connectivity index (χ0) is 19.9. The number of nitrogens with zero attached hydrogens (tertiary/aromatic N) is 2. The predicted octanol–water partition coefficient (Wildman–Crippen LogP) is 2.65. The van der Waals surface area contributed by atoms with Crippen molar-refractivity contribution in [3.05, 3.63) is 29.8 Å². The molecule has 1 aromatic rings. The Balaban J connectivity index is 1.62. The lowest BCUT2D eigenvalue weighted by atomic mass is 10.0. The van der Waals surface area contributed by atoms with Crippen LogP contribution >= 0.6 is 0 Å². The zero-order valence-corrected chi connectivity index (χ0v) is 17.1. The molecular weight excluding hydrogens is 356 g/mol. The molecule has 2 saturated heterocycles. The lowest BCUT2D eigenvalue weighted by molar-refractivity contribution is -0.157. The topological polar surface area (TPSA) is 59.1 Å². The molecule has 2 heterocycles. The van der Waals surface area contributed by atoms with E-state index >= 15 is 0 Å². The van der Waals surface area contributed by atoms with Crippen LogP contribution in [0, 0.1) is 0 Å². The molecule has 0 aliphatic carbocycles.